The van der Waals surface area contributed by atoms with Crippen LogP contribution in [0.15, 0.2) is 24.3 Å². The molecule has 0 atom stereocenters. The molecule has 152 valence electrons. The summed E-state index contributed by atoms with van der Waals surface area (Å²) in [6.07, 6.45) is 14.6. The summed E-state index contributed by atoms with van der Waals surface area (Å²) in [5.41, 5.74) is 1.79. The molecule has 0 bridgehead atoms. The molecule has 0 radical (unpaired) electrons. The molecule has 0 unspecified atom stereocenters. The van der Waals surface area contributed by atoms with Crippen molar-refractivity contribution in [3.63, 3.8) is 0 Å². The molecular formula is C24H34N2O2. The molecule has 3 fully saturated rings. The maximum absolute atomic E-state index is 13.4. The van der Waals surface area contributed by atoms with Gasteiger partial charge in [0.2, 0.25) is 11.8 Å². The van der Waals surface area contributed by atoms with Crippen molar-refractivity contribution >= 4 is 23.2 Å². The van der Waals surface area contributed by atoms with E-state index in [2.05, 4.69) is 10.2 Å². The van der Waals surface area contributed by atoms with Crippen LogP contribution in [-0.4, -0.2) is 17.9 Å². The van der Waals surface area contributed by atoms with Crippen molar-refractivity contribution in [1.29, 1.82) is 0 Å². The summed E-state index contributed by atoms with van der Waals surface area (Å²) in [4.78, 5) is 28.1. The fourth-order valence-corrected chi connectivity index (χ4v) is 5.39. The van der Waals surface area contributed by atoms with Crippen LogP contribution >= 0.6 is 0 Å². The summed E-state index contributed by atoms with van der Waals surface area (Å²) in [6, 6.07) is 8.32. The van der Waals surface area contributed by atoms with E-state index in [1.54, 1.807) is 0 Å². The number of rotatable bonds is 5. The third kappa shape index (κ3) is 4.42. The van der Waals surface area contributed by atoms with Crippen LogP contribution in [0.4, 0.5) is 11.4 Å². The van der Waals surface area contributed by atoms with Crippen molar-refractivity contribution in [2.75, 3.05) is 10.2 Å². The van der Waals surface area contributed by atoms with E-state index in [1.807, 2.05) is 24.3 Å². The van der Waals surface area contributed by atoms with Crippen LogP contribution in [0.25, 0.3) is 0 Å². The van der Waals surface area contributed by atoms with Gasteiger partial charge in [-0.2, -0.15) is 0 Å². The quantitative estimate of drug-likeness (QED) is 0.713. The Bertz CT molecular complexity index is 684. The van der Waals surface area contributed by atoms with Crippen molar-refractivity contribution in [3.8, 4) is 0 Å². The highest BCUT2D eigenvalue weighted by Crippen LogP contribution is 2.34. The molecule has 0 spiro atoms. The lowest BCUT2D eigenvalue weighted by Gasteiger charge is -2.36. The van der Waals surface area contributed by atoms with E-state index < -0.39 is 0 Å². The summed E-state index contributed by atoms with van der Waals surface area (Å²) in [5.74, 6) is 0.779. The van der Waals surface area contributed by atoms with Crippen LogP contribution in [0.2, 0.25) is 0 Å². The number of nitrogens with one attached hydrogen (secondary N) is 1. The molecule has 2 amide bonds. The Morgan fingerprint density at radius 3 is 2.07 bits per heavy atom. The molecule has 3 aliphatic carbocycles. The van der Waals surface area contributed by atoms with Gasteiger partial charge >= 0.3 is 0 Å². The van der Waals surface area contributed by atoms with Gasteiger partial charge in [0.05, 0.1) is 0 Å². The zero-order valence-corrected chi connectivity index (χ0v) is 17.0. The van der Waals surface area contributed by atoms with Gasteiger partial charge in [0.25, 0.3) is 0 Å². The lowest BCUT2D eigenvalue weighted by atomic mass is 9.92. The number of hydrogen-bond acceptors (Lipinski definition) is 2. The Morgan fingerprint density at radius 2 is 1.39 bits per heavy atom. The molecule has 1 aromatic carbocycles. The number of amides is 2. The third-order valence-electron chi connectivity index (χ3n) is 7.00. The average molecular weight is 383 g/mol. The van der Waals surface area contributed by atoms with Crippen LogP contribution < -0.4 is 10.2 Å². The molecule has 0 heterocycles. The van der Waals surface area contributed by atoms with Gasteiger partial charge in [-0.25, -0.2) is 0 Å². The number of hydrogen-bond donors (Lipinski definition) is 1. The Balaban J connectivity index is 1.54. The largest absolute Gasteiger partial charge is 0.326 e. The van der Waals surface area contributed by atoms with Crippen molar-refractivity contribution in [2.24, 2.45) is 11.8 Å². The number of benzene rings is 1. The van der Waals surface area contributed by atoms with Gasteiger partial charge in [0.1, 0.15) is 0 Å². The van der Waals surface area contributed by atoms with Gasteiger partial charge in [0, 0.05) is 29.3 Å². The number of carbonyl (C=O) groups excluding carboxylic acids is 2. The van der Waals surface area contributed by atoms with Crippen molar-refractivity contribution < 1.29 is 9.59 Å². The molecule has 0 aromatic heterocycles. The molecule has 3 saturated carbocycles. The molecule has 1 N–H and O–H groups in total. The first kappa shape index (κ1) is 19.5. The van der Waals surface area contributed by atoms with E-state index >= 15 is 0 Å². The standard InChI is InChI=1S/C24H34N2O2/c27-23(18-9-4-5-10-18)25-20-13-8-16-22(17-20)26(21-14-2-1-3-15-21)24(28)19-11-6-7-12-19/h8,13,16-19,21H,1-7,9-12,14-15H2,(H,25,27). The van der Waals surface area contributed by atoms with E-state index in [0.29, 0.717) is 11.9 Å². The van der Waals surface area contributed by atoms with E-state index in [9.17, 15) is 9.59 Å². The smallest absolute Gasteiger partial charge is 0.230 e. The summed E-state index contributed by atoms with van der Waals surface area (Å²) in [6.45, 7) is 0. The maximum Gasteiger partial charge on any atom is 0.230 e. The van der Waals surface area contributed by atoms with E-state index in [1.165, 1.54) is 32.1 Å². The highest BCUT2D eigenvalue weighted by molar-refractivity contribution is 5.97. The Labute approximate surface area is 169 Å². The molecule has 0 aliphatic heterocycles. The molecular weight excluding hydrogens is 348 g/mol. The molecule has 1 aromatic rings. The van der Waals surface area contributed by atoms with Crippen molar-refractivity contribution in [3.05, 3.63) is 24.3 Å². The Hall–Kier alpha value is -1.84. The lowest BCUT2D eigenvalue weighted by molar-refractivity contribution is -0.123. The van der Waals surface area contributed by atoms with Crippen LogP contribution in [0.1, 0.15) is 83.5 Å². The zero-order chi connectivity index (χ0) is 19.3. The van der Waals surface area contributed by atoms with Crippen LogP contribution in [0, 0.1) is 11.8 Å². The predicted molar refractivity (Wildman–Crippen MR) is 113 cm³/mol. The number of carbonyl (C=O) groups is 2. The highest BCUT2D eigenvalue weighted by Gasteiger charge is 2.33. The minimum Gasteiger partial charge on any atom is -0.326 e. The van der Waals surface area contributed by atoms with Gasteiger partial charge in [-0.05, 0) is 56.7 Å². The third-order valence-corrected chi connectivity index (χ3v) is 7.00. The van der Waals surface area contributed by atoms with Gasteiger partial charge in [-0.3, -0.25) is 9.59 Å². The van der Waals surface area contributed by atoms with Crippen LogP contribution in [-0.2, 0) is 9.59 Å². The molecule has 28 heavy (non-hydrogen) atoms. The van der Waals surface area contributed by atoms with Gasteiger partial charge in [-0.1, -0.05) is 51.0 Å². The van der Waals surface area contributed by atoms with E-state index in [4.69, 9.17) is 0 Å². The molecule has 0 saturated heterocycles. The molecule has 4 heteroatoms. The SMILES string of the molecule is O=C(Nc1cccc(N(C(=O)C2CCCC2)C2CCCCC2)c1)C1CCCC1. The van der Waals surface area contributed by atoms with Gasteiger partial charge in [0.15, 0.2) is 0 Å². The second kappa shape index (κ2) is 9.11. The van der Waals surface area contributed by atoms with Crippen LogP contribution in [0.5, 0.6) is 0 Å². The fraction of sp³-hybridized carbons (Fsp3) is 0.667. The zero-order valence-electron chi connectivity index (χ0n) is 17.0. The Kier molecular flexibility index (Phi) is 6.33. The second-order valence-corrected chi connectivity index (χ2v) is 9.00. The van der Waals surface area contributed by atoms with E-state index in [-0.39, 0.29) is 17.7 Å². The normalized spacial score (nSPS) is 21.7. The minimum atomic E-state index is 0.140. The van der Waals surface area contributed by atoms with Crippen molar-refractivity contribution in [2.45, 2.75) is 89.5 Å². The molecule has 4 rings (SSSR count). The first-order valence-corrected chi connectivity index (χ1v) is 11.5. The predicted octanol–water partition coefficient (Wildman–Crippen LogP) is 5.67. The van der Waals surface area contributed by atoms with Gasteiger partial charge < -0.3 is 10.2 Å². The highest BCUT2D eigenvalue weighted by atomic mass is 16.2. The number of nitrogens with zero attached hydrogens (tertiary/aromatic N) is 1. The fourth-order valence-electron chi connectivity index (χ4n) is 5.39. The summed E-state index contributed by atoms with van der Waals surface area (Å²) in [5, 5.41) is 3.11. The average Bonchev–Trinajstić information content (AvgIpc) is 3.43. The topological polar surface area (TPSA) is 49.4 Å². The first-order chi connectivity index (χ1) is 13.7. The van der Waals surface area contributed by atoms with Crippen LogP contribution in [0.3, 0.4) is 0 Å². The molecule has 4 nitrogen and oxygen atoms in total. The minimum absolute atomic E-state index is 0.140. The Morgan fingerprint density at radius 1 is 0.786 bits per heavy atom. The van der Waals surface area contributed by atoms with E-state index in [0.717, 1.165) is 62.7 Å². The van der Waals surface area contributed by atoms with Crippen molar-refractivity contribution in [1.82, 2.24) is 0 Å². The summed E-state index contributed by atoms with van der Waals surface area (Å²) < 4.78 is 0. The lowest BCUT2D eigenvalue weighted by Crippen LogP contribution is -2.44. The maximum atomic E-state index is 13.4. The monoisotopic (exact) mass is 382 g/mol. The number of anilines is 2. The second-order valence-electron chi connectivity index (χ2n) is 9.00. The summed E-state index contributed by atoms with van der Waals surface area (Å²) >= 11 is 0. The first-order valence-electron chi connectivity index (χ1n) is 11.5. The van der Waals surface area contributed by atoms with Gasteiger partial charge in [-0.15, -0.1) is 0 Å². The summed E-state index contributed by atoms with van der Waals surface area (Å²) in [7, 11) is 0. The molecule has 3 aliphatic rings.